The largest absolute Gasteiger partial charge is 0.206 e. The molecule has 0 bridgehead atoms. The van der Waals surface area contributed by atoms with E-state index in [1.165, 1.54) is 6.07 Å². The van der Waals surface area contributed by atoms with Crippen molar-refractivity contribution in [3.05, 3.63) is 31.6 Å². The monoisotopic (exact) mass is 314 g/mol. The molecule has 0 saturated heterocycles. The molecule has 0 aliphatic carbocycles. The first kappa shape index (κ1) is 8.46. The molecule has 0 heterocycles. The second-order valence-corrected chi connectivity index (χ2v) is 3.86. The van der Waals surface area contributed by atoms with Gasteiger partial charge in [0.25, 0.3) is 0 Å². The molecule has 54 valence electrons. The van der Waals surface area contributed by atoms with E-state index < -0.39 is 0 Å². The van der Waals surface area contributed by atoms with Crippen LogP contribution in [0, 0.1) is 16.3 Å². The first-order chi connectivity index (χ1) is 4.63. The summed E-state index contributed by atoms with van der Waals surface area (Å²) in [5.41, 5.74) is 1.06. The minimum Gasteiger partial charge on any atom is -0.206 e. The molecule has 3 heteroatoms. The predicted octanol–water partition coefficient (Wildman–Crippen LogP) is 3.50. The minimum absolute atomic E-state index is 0.168. The van der Waals surface area contributed by atoms with E-state index in [1.807, 2.05) is 29.5 Å². The van der Waals surface area contributed by atoms with Crippen LogP contribution in [0.1, 0.15) is 5.56 Å². The topological polar surface area (TPSA) is 0 Å². The lowest BCUT2D eigenvalue weighted by Crippen LogP contribution is -1.85. The Balaban J connectivity index is 3.34. The maximum absolute atomic E-state index is 12.7. The van der Waals surface area contributed by atoms with E-state index in [0.29, 0.717) is 3.57 Å². The molecule has 0 aliphatic rings. The van der Waals surface area contributed by atoms with Crippen LogP contribution < -0.4 is 0 Å². The van der Waals surface area contributed by atoms with Gasteiger partial charge in [-0.25, -0.2) is 4.39 Å². The van der Waals surface area contributed by atoms with Gasteiger partial charge in [-0.15, -0.1) is 0 Å². The van der Waals surface area contributed by atoms with Gasteiger partial charge in [-0.05, 0) is 57.1 Å². The Morgan fingerprint density at radius 3 is 2.60 bits per heavy atom. The molecule has 0 radical (unpaired) electrons. The Kier molecular flexibility index (Phi) is 2.68. The fourth-order valence-corrected chi connectivity index (χ4v) is 1.55. The van der Waals surface area contributed by atoms with Crippen molar-refractivity contribution in [2.75, 3.05) is 0 Å². The Labute approximate surface area is 81.1 Å². The van der Waals surface area contributed by atoms with E-state index >= 15 is 0 Å². The van der Waals surface area contributed by atoms with Crippen LogP contribution >= 0.6 is 38.5 Å². The first-order valence-electron chi connectivity index (χ1n) is 2.73. The zero-order valence-electron chi connectivity index (χ0n) is 5.29. The number of hydrogen-bond acceptors (Lipinski definition) is 0. The van der Waals surface area contributed by atoms with Gasteiger partial charge in [0.15, 0.2) is 0 Å². The van der Waals surface area contributed by atoms with Crippen molar-refractivity contribution in [1.82, 2.24) is 0 Å². The predicted molar refractivity (Wildman–Crippen MR) is 51.6 cm³/mol. The van der Waals surface area contributed by atoms with Crippen LogP contribution in [0.5, 0.6) is 0 Å². The molecule has 0 atom stereocenters. The molecular weight excluding hydrogens is 310 g/mol. The van der Waals surface area contributed by atoms with E-state index in [2.05, 4.69) is 15.9 Å². The van der Waals surface area contributed by atoms with Crippen molar-refractivity contribution in [2.24, 2.45) is 0 Å². The summed E-state index contributed by atoms with van der Waals surface area (Å²) < 4.78 is 14.2. The summed E-state index contributed by atoms with van der Waals surface area (Å²) in [7, 11) is 0. The molecule has 0 N–H and O–H groups in total. The van der Waals surface area contributed by atoms with Gasteiger partial charge in [-0.3, -0.25) is 0 Å². The smallest absolute Gasteiger partial charge is 0.137 e. The molecule has 0 spiro atoms. The summed E-state index contributed by atoms with van der Waals surface area (Å²) in [6.07, 6.45) is 0. The number of hydrogen-bond donors (Lipinski definition) is 0. The fraction of sp³-hybridized carbons (Fsp3) is 0.143. The molecule has 0 fully saturated rings. The SMILES string of the molecule is Cc1ccc(F)c(I)c1Br. The molecule has 1 aromatic rings. The second kappa shape index (κ2) is 3.17. The van der Waals surface area contributed by atoms with E-state index in [9.17, 15) is 4.39 Å². The zero-order valence-corrected chi connectivity index (χ0v) is 9.03. The summed E-state index contributed by atoms with van der Waals surface area (Å²) in [4.78, 5) is 0. The lowest BCUT2D eigenvalue weighted by molar-refractivity contribution is 0.618. The molecule has 0 amide bonds. The quantitative estimate of drug-likeness (QED) is 0.508. The summed E-state index contributed by atoms with van der Waals surface area (Å²) in [5.74, 6) is -0.168. The molecule has 0 saturated carbocycles. The van der Waals surface area contributed by atoms with Crippen LogP contribution in [0.15, 0.2) is 16.6 Å². The highest BCUT2D eigenvalue weighted by atomic mass is 127. The van der Waals surface area contributed by atoms with Crippen molar-refractivity contribution >= 4 is 38.5 Å². The first-order valence-corrected chi connectivity index (χ1v) is 4.60. The summed E-state index contributed by atoms with van der Waals surface area (Å²) >= 11 is 5.26. The molecule has 0 aromatic heterocycles. The Morgan fingerprint density at radius 1 is 1.50 bits per heavy atom. The lowest BCUT2D eigenvalue weighted by Gasteiger charge is -2.00. The highest BCUT2D eigenvalue weighted by Gasteiger charge is 2.04. The van der Waals surface area contributed by atoms with Crippen LogP contribution in [0.3, 0.4) is 0 Å². The number of benzene rings is 1. The molecular formula is C7H5BrFI. The van der Waals surface area contributed by atoms with Crippen LogP contribution in [-0.4, -0.2) is 0 Å². The van der Waals surface area contributed by atoms with Crippen LogP contribution in [-0.2, 0) is 0 Å². The normalized spacial score (nSPS) is 10.0. The van der Waals surface area contributed by atoms with E-state index in [-0.39, 0.29) is 5.82 Å². The molecule has 0 nitrogen and oxygen atoms in total. The maximum Gasteiger partial charge on any atom is 0.137 e. The van der Waals surface area contributed by atoms with Gasteiger partial charge in [-0.1, -0.05) is 6.07 Å². The Bertz CT molecular complexity index is 233. The van der Waals surface area contributed by atoms with Gasteiger partial charge in [0.1, 0.15) is 5.82 Å². The molecule has 1 aromatic carbocycles. The maximum atomic E-state index is 12.7. The van der Waals surface area contributed by atoms with Gasteiger partial charge < -0.3 is 0 Å². The average molecular weight is 315 g/mol. The lowest BCUT2D eigenvalue weighted by atomic mass is 10.2. The molecule has 0 unspecified atom stereocenters. The van der Waals surface area contributed by atoms with Crippen LogP contribution in [0.2, 0.25) is 0 Å². The molecule has 1 rings (SSSR count). The summed E-state index contributed by atoms with van der Waals surface area (Å²) in [5, 5.41) is 0. The van der Waals surface area contributed by atoms with Crippen molar-refractivity contribution in [2.45, 2.75) is 6.92 Å². The molecule has 10 heavy (non-hydrogen) atoms. The number of aryl methyl sites for hydroxylation is 1. The van der Waals surface area contributed by atoms with Gasteiger partial charge in [0.05, 0.1) is 3.57 Å². The highest BCUT2D eigenvalue weighted by molar-refractivity contribution is 14.1. The third-order valence-corrected chi connectivity index (χ3v) is 4.05. The van der Waals surface area contributed by atoms with Crippen molar-refractivity contribution in [3.8, 4) is 0 Å². The third kappa shape index (κ3) is 1.50. The van der Waals surface area contributed by atoms with E-state index in [0.717, 1.165) is 10.0 Å². The van der Waals surface area contributed by atoms with Gasteiger partial charge in [0.2, 0.25) is 0 Å². The number of rotatable bonds is 0. The minimum atomic E-state index is -0.168. The Hall–Kier alpha value is 0.360. The third-order valence-electron chi connectivity index (χ3n) is 1.23. The number of halogens is 3. The van der Waals surface area contributed by atoms with Crippen molar-refractivity contribution in [3.63, 3.8) is 0 Å². The van der Waals surface area contributed by atoms with E-state index in [4.69, 9.17) is 0 Å². The average Bonchev–Trinajstić information content (AvgIpc) is 1.93. The van der Waals surface area contributed by atoms with Crippen molar-refractivity contribution < 1.29 is 4.39 Å². The van der Waals surface area contributed by atoms with Crippen LogP contribution in [0.25, 0.3) is 0 Å². The second-order valence-electron chi connectivity index (χ2n) is 1.99. The van der Waals surface area contributed by atoms with E-state index in [1.54, 1.807) is 6.07 Å². The fourth-order valence-electron chi connectivity index (χ4n) is 0.622. The molecule has 0 aliphatic heterocycles. The summed E-state index contributed by atoms with van der Waals surface area (Å²) in [6.45, 7) is 1.94. The van der Waals surface area contributed by atoms with Gasteiger partial charge in [0, 0.05) is 4.47 Å². The van der Waals surface area contributed by atoms with Crippen LogP contribution in [0.4, 0.5) is 4.39 Å². The standard InChI is InChI=1S/C7H5BrFI/c1-4-2-3-5(9)7(10)6(4)8/h2-3H,1H3. The zero-order chi connectivity index (χ0) is 7.72. The summed E-state index contributed by atoms with van der Waals surface area (Å²) in [6, 6.07) is 3.23. The highest BCUT2D eigenvalue weighted by Crippen LogP contribution is 2.24. The van der Waals surface area contributed by atoms with Gasteiger partial charge in [-0.2, -0.15) is 0 Å². The Morgan fingerprint density at radius 2 is 2.10 bits per heavy atom. The van der Waals surface area contributed by atoms with Crippen molar-refractivity contribution in [1.29, 1.82) is 0 Å². The van der Waals surface area contributed by atoms with Gasteiger partial charge >= 0.3 is 0 Å².